The Morgan fingerprint density at radius 2 is 1.79 bits per heavy atom. The number of carbonyl (C=O) groups excluding carboxylic acids is 1. The van der Waals surface area contributed by atoms with E-state index in [1.165, 1.54) is 0 Å². The number of rotatable bonds is 4. The van der Waals surface area contributed by atoms with Crippen molar-refractivity contribution in [2.75, 3.05) is 31.1 Å². The van der Waals surface area contributed by atoms with Crippen molar-refractivity contribution in [2.45, 2.75) is 6.42 Å². The number of piperazine rings is 1. The Labute approximate surface area is 167 Å². The molecule has 1 aliphatic heterocycles. The second kappa shape index (κ2) is 7.56. The number of aromatic amines is 1. The summed E-state index contributed by atoms with van der Waals surface area (Å²) < 4.78 is 0. The zero-order chi connectivity index (χ0) is 19.7. The average molecular weight is 398 g/mol. The number of nitrogens with zero attached hydrogens (tertiary/aromatic N) is 2. The van der Waals surface area contributed by atoms with E-state index < -0.39 is 5.97 Å². The number of halogens is 1. The van der Waals surface area contributed by atoms with Crippen LogP contribution in [0, 0.1) is 0 Å². The van der Waals surface area contributed by atoms with Crippen molar-refractivity contribution >= 4 is 40.1 Å². The van der Waals surface area contributed by atoms with Gasteiger partial charge in [0.25, 0.3) is 0 Å². The molecule has 28 heavy (non-hydrogen) atoms. The Bertz CT molecular complexity index is 1040. The van der Waals surface area contributed by atoms with Gasteiger partial charge in [-0.25, -0.2) is 4.79 Å². The molecule has 1 saturated heterocycles. The molecule has 1 aliphatic rings. The van der Waals surface area contributed by atoms with E-state index in [2.05, 4.69) is 9.88 Å². The van der Waals surface area contributed by atoms with E-state index in [0.29, 0.717) is 36.8 Å². The fourth-order valence-electron chi connectivity index (χ4n) is 3.72. The molecule has 2 aromatic carbocycles. The first-order valence-corrected chi connectivity index (χ1v) is 9.52. The summed E-state index contributed by atoms with van der Waals surface area (Å²) in [6.45, 7) is 2.61. The molecule has 0 radical (unpaired) electrons. The summed E-state index contributed by atoms with van der Waals surface area (Å²) in [5.74, 6) is -1.11. The molecule has 3 aromatic rings. The normalized spacial score (nSPS) is 14.5. The number of benzene rings is 2. The van der Waals surface area contributed by atoms with E-state index in [1.807, 2.05) is 48.5 Å². The Morgan fingerprint density at radius 1 is 1.04 bits per heavy atom. The van der Waals surface area contributed by atoms with Gasteiger partial charge >= 0.3 is 5.97 Å². The zero-order valence-corrected chi connectivity index (χ0v) is 15.9. The fraction of sp³-hybridized carbons (Fsp3) is 0.238. The number of hydrogen-bond acceptors (Lipinski definition) is 3. The highest BCUT2D eigenvalue weighted by Gasteiger charge is 2.25. The van der Waals surface area contributed by atoms with Crippen LogP contribution in [-0.2, 0) is 11.2 Å². The molecule has 7 heteroatoms. The number of aromatic carboxylic acids is 1. The minimum Gasteiger partial charge on any atom is -0.477 e. The van der Waals surface area contributed by atoms with Crippen molar-refractivity contribution in [1.29, 1.82) is 0 Å². The number of carboxylic acids is 1. The third-order valence-corrected chi connectivity index (χ3v) is 5.40. The van der Waals surface area contributed by atoms with Crippen molar-refractivity contribution in [3.8, 4) is 0 Å². The fourth-order valence-corrected chi connectivity index (χ4v) is 3.90. The van der Waals surface area contributed by atoms with Crippen LogP contribution < -0.4 is 4.90 Å². The van der Waals surface area contributed by atoms with Crippen molar-refractivity contribution in [3.05, 3.63) is 64.8 Å². The molecule has 2 N–H and O–H groups in total. The van der Waals surface area contributed by atoms with E-state index >= 15 is 0 Å². The van der Waals surface area contributed by atoms with Gasteiger partial charge in [-0.05, 0) is 24.3 Å². The van der Waals surface area contributed by atoms with E-state index in [1.54, 1.807) is 4.90 Å². The van der Waals surface area contributed by atoms with Gasteiger partial charge in [0.2, 0.25) is 5.91 Å². The minimum atomic E-state index is -1.05. The molecule has 0 spiro atoms. The number of fused-ring (bicyclic) bond motifs is 1. The Balaban J connectivity index is 1.48. The first-order valence-electron chi connectivity index (χ1n) is 9.14. The number of anilines is 1. The maximum Gasteiger partial charge on any atom is 0.352 e. The molecular weight excluding hydrogens is 378 g/mol. The second-order valence-corrected chi connectivity index (χ2v) is 7.29. The number of para-hydroxylation sites is 1. The highest BCUT2D eigenvalue weighted by atomic mass is 35.5. The second-order valence-electron chi connectivity index (χ2n) is 6.85. The van der Waals surface area contributed by atoms with Gasteiger partial charge in [-0.2, -0.15) is 0 Å². The lowest BCUT2D eigenvalue weighted by molar-refractivity contribution is -0.130. The standard InChI is InChI=1S/C21H20ClN3O3/c22-14-4-3-5-15(12-14)24-8-10-25(11-9-24)19(26)13-17-16-6-1-2-7-18(16)23-20(17)21(27)28/h1-7,12,23H,8-11,13H2,(H,27,28). The minimum absolute atomic E-state index is 0.0574. The quantitative estimate of drug-likeness (QED) is 0.707. The monoisotopic (exact) mass is 397 g/mol. The van der Waals surface area contributed by atoms with Gasteiger partial charge in [0, 0.05) is 53.4 Å². The third-order valence-electron chi connectivity index (χ3n) is 5.16. The maximum absolute atomic E-state index is 12.9. The van der Waals surface area contributed by atoms with Crippen LogP contribution in [-0.4, -0.2) is 53.0 Å². The summed E-state index contributed by atoms with van der Waals surface area (Å²) in [6.07, 6.45) is 0.0722. The van der Waals surface area contributed by atoms with Crippen molar-refractivity contribution in [3.63, 3.8) is 0 Å². The van der Waals surface area contributed by atoms with Crippen LogP contribution in [0.1, 0.15) is 16.1 Å². The van der Waals surface area contributed by atoms with Gasteiger partial charge in [-0.15, -0.1) is 0 Å². The SMILES string of the molecule is O=C(O)c1[nH]c2ccccc2c1CC(=O)N1CCN(c2cccc(Cl)c2)CC1. The third kappa shape index (κ3) is 3.55. The van der Waals surface area contributed by atoms with Crippen LogP contribution in [0.2, 0.25) is 5.02 Å². The molecular formula is C21H20ClN3O3. The maximum atomic E-state index is 12.9. The molecule has 144 valence electrons. The molecule has 0 saturated carbocycles. The van der Waals surface area contributed by atoms with Crippen LogP contribution in [0.5, 0.6) is 0 Å². The van der Waals surface area contributed by atoms with Crippen LogP contribution in [0.25, 0.3) is 10.9 Å². The van der Waals surface area contributed by atoms with Gasteiger partial charge in [0.05, 0.1) is 6.42 Å². The van der Waals surface area contributed by atoms with Crippen LogP contribution >= 0.6 is 11.6 Å². The average Bonchev–Trinajstić information content (AvgIpc) is 3.07. The number of amides is 1. The van der Waals surface area contributed by atoms with Crippen molar-refractivity contribution in [1.82, 2.24) is 9.88 Å². The largest absolute Gasteiger partial charge is 0.477 e. The predicted octanol–water partition coefficient (Wildman–Crippen LogP) is 3.41. The van der Waals surface area contributed by atoms with Gasteiger partial charge in [0.1, 0.15) is 5.69 Å². The molecule has 0 atom stereocenters. The first-order chi connectivity index (χ1) is 13.5. The van der Waals surface area contributed by atoms with E-state index in [0.717, 1.165) is 16.6 Å². The Morgan fingerprint density at radius 3 is 2.50 bits per heavy atom. The molecule has 4 rings (SSSR count). The first kappa shape index (κ1) is 18.4. The number of hydrogen-bond donors (Lipinski definition) is 2. The molecule has 1 amide bonds. The summed E-state index contributed by atoms with van der Waals surface area (Å²) in [6, 6.07) is 15.0. The zero-order valence-electron chi connectivity index (χ0n) is 15.2. The van der Waals surface area contributed by atoms with Crippen LogP contribution in [0.3, 0.4) is 0 Å². The van der Waals surface area contributed by atoms with Gasteiger partial charge in [0.15, 0.2) is 0 Å². The molecule has 1 fully saturated rings. The Kier molecular flexibility index (Phi) is 4.96. The Hall–Kier alpha value is -2.99. The summed E-state index contributed by atoms with van der Waals surface area (Å²) in [4.78, 5) is 31.4. The number of nitrogens with one attached hydrogen (secondary N) is 1. The topological polar surface area (TPSA) is 76.6 Å². The van der Waals surface area contributed by atoms with Gasteiger partial charge in [-0.1, -0.05) is 35.9 Å². The molecule has 0 aliphatic carbocycles. The lowest BCUT2D eigenvalue weighted by Crippen LogP contribution is -2.49. The van der Waals surface area contributed by atoms with Crippen LogP contribution in [0.15, 0.2) is 48.5 Å². The summed E-state index contributed by atoms with van der Waals surface area (Å²) >= 11 is 6.07. The summed E-state index contributed by atoms with van der Waals surface area (Å²) in [5, 5.41) is 11.0. The lowest BCUT2D eigenvalue weighted by atomic mass is 10.1. The van der Waals surface area contributed by atoms with Crippen LogP contribution in [0.4, 0.5) is 5.69 Å². The van der Waals surface area contributed by atoms with E-state index in [4.69, 9.17) is 11.6 Å². The highest BCUT2D eigenvalue weighted by Crippen LogP contribution is 2.25. The summed E-state index contributed by atoms with van der Waals surface area (Å²) in [7, 11) is 0. The van der Waals surface area contributed by atoms with Gasteiger partial charge < -0.3 is 19.9 Å². The van der Waals surface area contributed by atoms with Crippen molar-refractivity contribution in [2.24, 2.45) is 0 Å². The number of H-pyrrole nitrogens is 1. The lowest BCUT2D eigenvalue weighted by Gasteiger charge is -2.36. The van der Waals surface area contributed by atoms with Crippen molar-refractivity contribution < 1.29 is 14.7 Å². The smallest absolute Gasteiger partial charge is 0.352 e. The number of carboxylic acid groups (broad SMARTS) is 1. The summed E-state index contributed by atoms with van der Waals surface area (Å²) in [5.41, 5.74) is 2.41. The molecule has 2 heterocycles. The number of aromatic nitrogens is 1. The van der Waals surface area contributed by atoms with E-state index in [-0.39, 0.29) is 18.0 Å². The molecule has 1 aromatic heterocycles. The number of carbonyl (C=O) groups is 2. The molecule has 0 unspecified atom stereocenters. The van der Waals surface area contributed by atoms with Gasteiger partial charge in [-0.3, -0.25) is 4.79 Å². The molecule has 6 nitrogen and oxygen atoms in total. The highest BCUT2D eigenvalue weighted by molar-refractivity contribution is 6.30. The molecule has 0 bridgehead atoms. The van der Waals surface area contributed by atoms with E-state index in [9.17, 15) is 14.7 Å². The predicted molar refractivity (Wildman–Crippen MR) is 109 cm³/mol.